The molecule has 2 aromatic rings. The van der Waals surface area contributed by atoms with Gasteiger partial charge in [-0.25, -0.2) is 0 Å². The SMILES string of the molecule is CC(=O)OC(=S)n1nnnc1Nc1cc(C)ccc1C. The molecule has 1 N–H and O–H groups in total. The van der Waals surface area contributed by atoms with Gasteiger partial charge < -0.3 is 10.1 Å². The van der Waals surface area contributed by atoms with Crippen LogP contribution in [-0.2, 0) is 9.53 Å². The molecule has 104 valence electrons. The standard InChI is InChI=1S/C12H13N5O2S/c1-7-4-5-8(2)10(6-7)13-11-14-15-16-17(11)12(20)19-9(3)18/h4-6H,1-3H3,(H,13,14,16). The first kappa shape index (κ1) is 14.1. The largest absolute Gasteiger partial charge is 0.397 e. The Balaban J connectivity index is 2.27. The number of aromatic nitrogens is 4. The van der Waals surface area contributed by atoms with Crippen molar-refractivity contribution in [1.29, 1.82) is 0 Å². The Kier molecular flexibility index (Phi) is 4.04. The van der Waals surface area contributed by atoms with Gasteiger partial charge in [0, 0.05) is 12.6 Å². The van der Waals surface area contributed by atoms with Crippen molar-refractivity contribution in [1.82, 2.24) is 20.2 Å². The van der Waals surface area contributed by atoms with Gasteiger partial charge in [0.25, 0.3) is 11.1 Å². The highest BCUT2D eigenvalue weighted by atomic mass is 32.1. The lowest BCUT2D eigenvalue weighted by atomic mass is 10.1. The molecule has 1 heterocycles. The summed E-state index contributed by atoms with van der Waals surface area (Å²) in [5.41, 5.74) is 2.98. The van der Waals surface area contributed by atoms with E-state index in [9.17, 15) is 4.79 Å². The van der Waals surface area contributed by atoms with Crippen molar-refractivity contribution in [2.45, 2.75) is 20.8 Å². The Morgan fingerprint density at radius 2 is 2.15 bits per heavy atom. The van der Waals surface area contributed by atoms with Crippen molar-refractivity contribution in [2.75, 3.05) is 5.32 Å². The molecule has 0 aliphatic rings. The quantitative estimate of drug-likeness (QED) is 0.666. The highest BCUT2D eigenvalue weighted by Gasteiger charge is 2.14. The van der Waals surface area contributed by atoms with Crippen LogP contribution in [0.1, 0.15) is 18.1 Å². The van der Waals surface area contributed by atoms with Crippen LogP contribution >= 0.6 is 12.2 Å². The zero-order chi connectivity index (χ0) is 14.7. The van der Waals surface area contributed by atoms with Crippen LogP contribution in [0.3, 0.4) is 0 Å². The number of hydrogen-bond donors (Lipinski definition) is 1. The van der Waals surface area contributed by atoms with Gasteiger partial charge in [0.1, 0.15) is 0 Å². The predicted molar refractivity (Wildman–Crippen MR) is 76.8 cm³/mol. The van der Waals surface area contributed by atoms with E-state index in [1.54, 1.807) is 0 Å². The second-order valence-electron chi connectivity index (χ2n) is 4.22. The summed E-state index contributed by atoms with van der Waals surface area (Å²) in [5, 5.41) is 14.0. The zero-order valence-corrected chi connectivity index (χ0v) is 12.1. The van der Waals surface area contributed by atoms with E-state index >= 15 is 0 Å². The monoisotopic (exact) mass is 291 g/mol. The minimum absolute atomic E-state index is 0.129. The average Bonchev–Trinajstić information content (AvgIpc) is 2.81. The molecular weight excluding hydrogens is 278 g/mol. The normalized spacial score (nSPS) is 10.2. The molecule has 0 fully saturated rings. The molecular formula is C12H13N5O2S. The van der Waals surface area contributed by atoms with Crippen LogP contribution in [-0.4, -0.2) is 31.4 Å². The van der Waals surface area contributed by atoms with Crippen molar-refractivity contribution in [3.8, 4) is 0 Å². The van der Waals surface area contributed by atoms with E-state index in [1.807, 2.05) is 32.0 Å². The molecule has 0 aliphatic carbocycles. The summed E-state index contributed by atoms with van der Waals surface area (Å²) >= 11 is 4.95. The van der Waals surface area contributed by atoms with E-state index in [0.717, 1.165) is 21.5 Å². The van der Waals surface area contributed by atoms with Gasteiger partial charge in [-0.1, -0.05) is 17.2 Å². The van der Waals surface area contributed by atoms with Crippen molar-refractivity contribution in [3.05, 3.63) is 29.3 Å². The van der Waals surface area contributed by atoms with E-state index in [-0.39, 0.29) is 11.1 Å². The minimum atomic E-state index is -0.525. The minimum Gasteiger partial charge on any atom is -0.397 e. The molecule has 0 bridgehead atoms. The molecule has 0 amide bonds. The van der Waals surface area contributed by atoms with Crippen LogP contribution in [0.25, 0.3) is 0 Å². The molecule has 0 saturated carbocycles. The zero-order valence-electron chi connectivity index (χ0n) is 11.2. The van der Waals surface area contributed by atoms with Crippen LogP contribution in [0.15, 0.2) is 18.2 Å². The van der Waals surface area contributed by atoms with Gasteiger partial charge in [-0.3, -0.25) is 4.79 Å². The number of nitrogens with zero attached hydrogens (tertiary/aromatic N) is 4. The number of benzene rings is 1. The van der Waals surface area contributed by atoms with E-state index in [0.29, 0.717) is 0 Å². The van der Waals surface area contributed by atoms with E-state index in [2.05, 4.69) is 20.8 Å². The summed E-state index contributed by atoms with van der Waals surface area (Å²) in [6.45, 7) is 5.20. The van der Waals surface area contributed by atoms with Gasteiger partial charge in [0.05, 0.1) is 0 Å². The number of aryl methyl sites for hydroxylation is 2. The lowest BCUT2D eigenvalue weighted by molar-refractivity contribution is -0.133. The first-order valence-electron chi connectivity index (χ1n) is 5.83. The Labute approximate surface area is 120 Å². The molecule has 0 saturated heterocycles. The number of anilines is 2. The molecule has 0 radical (unpaired) electrons. The maximum Gasteiger partial charge on any atom is 0.309 e. The summed E-state index contributed by atoms with van der Waals surface area (Å²) in [6.07, 6.45) is 0. The van der Waals surface area contributed by atoms with Gasteiger partial charge >= 0.3 is 5.97 Å². The van der Waals surface area contributed by atoms with E-state index in [4.69, 9.17) is 17.0 Å². The fraction of sp³-hybridized carbons (Fsp3) is 0.250. The maximum absolute atomic E-state index is 10.9. The molecule has 2 rings (SSSR count). The lowest BCUT2D eigenvalue weighted by Gasteiger charge is -2.10. The molecule has 1 aromatic carbocycles. The van der Waals surface area contributed by atoms with Gasteiger partial charge in [0.15, 0.2) is 0 Å². The molecule has 0 atom stereocenters. The number of hydrogen-bond acceptors (Lipinski definition) is 7. The number of ether oxygens (including phenoxy) is 1. The highest BCUT2D eigenvalue weighted by molar-refractivity contribution is 7.80. The van der Waals surface area contributed by atoms with Gasteiger partial charge in [-0.15, -0.1) is 4.68 Å². The Bertz CT molecular complexity index is 668. The first-order chi connectivity index (χ1) is 9.47. The van der Waals surface area contributed by atoms with Crippen LogP contribution in [0.5, 0.6) is 0 Å². The summed E-state index contributed by atoms with van der Waals surface area (Å²) in [4.78, 5) is 10.9. The highest BCUT2D eigenvalue weighted by Crippen LogP contribution is 2.20. The van der Waals surface area contributed by atoms with E-state index in [1.165, 1.54) is 6.92 Å². The topological polar surface area (TPSA) is 81.9 Å². The number of thiocarbonyl (C=S) groups is 1. The third-order valence-corrected chi connectivity index (χ3v) is 2.77. The van der Waals surface area contributed by atoms with Crippen LogP contribution in [0.2, 0.25) is 0 Å². The first-order valence-corrected chi connectivity index (χ1v) is 6.23. The van der Waals surface area contributed by atoms with Crippen molar-refractivity contribution in [2.24, 2.45) is 0 Å². The number of nitrogens with one attached hydrogen (secondary N) is 1. The number of carbonyl (C=O) groups is 1. The summed E-state index contributed by atoms with van der Waals surface area (Å²) in [7, 11) is 0. The summed E-state index contributed by atoms with van der Waals surface area (Å²) < 4.78 is 5.95. The summed E-state index contributed by atoms with van der Waals surface area (Å²) in [5.74, 6) is -0.242. The second-order valence-corrected chi connectivity index (χ2v) is 4.57. The maximum atomic E-state index is 10.9. The molecule has 0 unspecified atom stereocenters. The van der Waals surface area contributed by atoms with Gasteiger partial charge in [-0.05, 0) is 53.7 Å². The van der Waals surface area contributed by atoms with E-state index < -0.39 is 5.97 Å². The fourth-order valence-electron chi connectivity index (χ4n) is 1.55. The molecule has 1 aromatic heterocycles. The second kappa shape index (κ2) is 5.74. The molecule has 0 aliphatic heterocycles. The fourth-order valence-corrected chi connectivity index (χ4v) is 1.79. The van der Waals surface area contributed by atoms with Crippen molar-refractivity contribution < 1.29 is 9.53 Å². The number of rotatable bonds is 2. The van der Waals surface area contributed by atoms with Gasteiger partial charge in [-0.2, -0.15) is 0 Å². The average molecular weight is 291 g/mol. The van der Waals surface area contributed by atoms with Crippen molar-refractivity contribution >= 4 is 35.0 Å². The molecule has 20 heavy (non-hydrogen) atoms. The van der Waals surface area contributed by atoms with Gasteiger partial charge in [0.2, 0.25) is 0 Å². The van der Waals surface area contributed by atoms with Crippen LogP contribution in [0.4, 0.5) is 11.6 Å². The Hall–Kier alpha value is -2.35. The Morgan fingerprint density at radius 3 is 2.85 bits per heavy atom. The molecule has 7 nitrogen and oxygen atoms in total. The Morgan fingerprint density at radius 1 is 1.40 bits per heavy atom. The van der Waals surface area contributed by atoms with Crippen LogP contribution in [0, 0.1) is 13.8 Å². The molecule has 8 heteroatoms. The van der Waals surface area contributed by atoms with Crippen LogP contribution < -0.4 is 5.32 Å². The predicted octanol–water partition coefficient (Wildman–Crippen LogP) is 1.73. The number of carbonyl (C=O) groups excluding carboxylic acids is 1. The number of tetrazole rings is 1. The molecule has 0 spiro atoms. The smallest absolute Gasteiger partial charge is 0.309 e. The van der Waals surface area contributed by atoms with Crippen molar-refractivity contribution in [3.63, 3.8) is 0 Å². The third kappa shape index (κ3) is 3.15. The lowest BCUT2D eigenvalue weighted by Crippen LogP contribution is -2.19. The number of esters is 1. The third-order valence-electron chi connectivity index (χ3n) is 2.51. The summed E-state index contributed by atoms with van der Waals surface area (Å²) in [6, 6.07) is 5.95.